The van der Waals surface area contributed by atoms with E-state index in [1.165, 1.54) is 0 Å². The number of Topliss-reactive ketones (excluding diaryl/α,β-unsaturated/α-hetero) is 3. The van der Waals surface area contributed by atoms with E-state index in [1.807, 2.05) is 20.8 Å². The topological polar surface area (TPSA) is 109 Å². The SMILES string of the molecule is C[C@@H]1C[C@H]2[C@@H]3CCC4=CC(O)C(=O)C(=O)[C@]4(C)[C@H]3CC[C@]2(C)[C@H]1C(=O)C(=O)O. The molecule has 3 fully saturated rings. The number of aliphatic hydroxyl groups is 1. The second-order valence-electron chi connectivity index (χ2n) is 9.85. The summed E-state index contributed by atoms with van der Waals surface area (Å²) in [7, 11) is 0. The Morgan fingerprint density at radius 3 is 2.46 bits per heavy atom. The number of carboxylic acids is 1. The van der Waals surface area contributed by atoms with Crippen molar-refractivity contribution >= 4 is 23.3 Å². The Morgan fingerprint density at radius 1 is 1.14 bits per heavy atom. The number of hydrogen-bond donors (Lipinski definition) is 2. The molecule has 0 aromatic carbocycles. The Morgan fingerprint density at radius 2 is 1.82 bits per heavy atom. The van der Waals surface area contributed by atoms with Crippen LogP contribution in [0.3, 0.4) is 0 Å². The minimum absolute atomic E-state index is 0.000375. The van der Waals surface area contributed by atoms with E-state index in [-0.39, 0.29) is 29.1 Å². The van der Waals surface area contributed by atoms with E-state index in [9.17, 15) is 29.4 Å². The van der Waals surface area contributed by atoms with Gasteiger partial charge >= 0.3 is 5.97 Å². The van der Waals surface area contributed by atoms with Gasteiger partial charge in [-0.05, 0) is 74.2 Å². The van der Waals surface area contributed by atoms with Crippen LogP contribution in [0.1, 0.15) is 52.9 Å². The monoisotopic (exact) mass is 388 g/mol. The Hall–Kier alpha value is -1.82. The summed E-state index contributed by atoms with van der Waals surface area (Å²) in [6.07, 6.45) is 3.90. The highest BCUT2D eigenvalue weighted by Gasteiger charge is 2.64. The summed E-state index contributed by atoms with van der Waals surface area (Å²) >= 11 is 0. The molecule has 0 aromatic heterocycles. The van der Waals surface area contributed by atoms with Gasteiger partial charge in [0.25, 0.3) is 0 Å². The lowest BCUT2D eigenvalue weighted by molar-refractivity contribution is -0.157. The molecule has 152 valence electrons. The minimum Gasteiger partial charge on any atom is -0.475 e. The predicted molar refractivity (Wildman–Crippen MR) is 99.2 cm³/mol. The van der Waals surface area contributed by atoms with Gasteiger partial charge in [-0.25, -0.2) is 4.79 Å². The van der Waals surface area contributed by atoms with Crippen molar-refractivity contribution in [2.75, 3.05) is 0 Å². The number of carboxylic acid groups (broad SMARTS) is 1. The Balaban J connectivity index is 1.72. The summed E-state index contributed by atoms with van der Waals surface area (Å²) in [5.74, 6) is -3.41. The molecule has 2 N–H and O–H groups in total. The van der Waals surface area contributed by atoms with Gasteiger partial charge in [0.1, 0.15) is 6.10 Å². The molecular weight excluding hydrogens is 360 g/mol. The number of rotatable bonds is 2. The maximum Gasteiger partial charge on any atom is 0.372 e. The first kappa shape index (κ1) is 19.5. The molecule has 6 heteroatoms. The molecule has 4 aliphatic carbocycles. The highest BCUT2D eigenvalue weighted by molar-refractivity contribution is 6.42. The van der Waals surface area contributed by atoms with Gasteiger partial charge in [-0.2, -0.15) is 0 Å². The molecule has 0 radical (unpaired) electrons. The van der Waals surface area contributed by atoms with Crippen LogP contribution in [-0.2, 0) is 19.2 Å². The summed E-state index contributed by atoms with van der Waals surface area (Å²) in [4.78, 5) is 49.1. The molecule has 0 saturated heterocycles. The summed E-state index contributed by atoms with van der Waals surface area (Å²) in [6, 6.07) is 0. The lowest BCUT2D eigenvalue weighted by Crippen LogP contribution is -2.57. The number of aliphatic hydroxyl groups excluding tert-OH is 1. The van der Waals surface area contributed by atoms with Crippen LogP contribution in [0.25, 0.3) is 0 Å². The van der Waals surface area contributed by atoms with Gasteiger partial charge < -0.3 is 10.2 Å². The van der Waals surface area contributed by atoms with E-state index < -0.39 is 40.8 Å². The molecule has 0 spiro atoms. The third kappa shape index (κ3) is 2.30. The van der Waals surface area contributed by atoms with E-state index in [4.69, 9.17) is 0 Å². The molecular formula is C22H28O6. The molecule has 0 aliphatic heterocycles. The fraction of sp³-hybridized carbons (Fsp3) is 0.727. The van der Waals surface area contributed by atoms with Crippen molar-refractivity contribution in [2.45, 2.75) is 59.0 Å². The van der Waals surface area contributed by atoms with Gasteiger partial charge in [0.05, 0.1) is 5.41 Å². The highest BCUT2D eigenvalue weighted by atomic mass is 16.4. The summed E-state index contributed by atoms with van der Waals surface area (Å²) < 4.78 is 0. The van der Waals surface area contributed by atoms with E-state index in [1.54, 1.807) is 6.08 Å². The van der Waals surface area contributed by atoms with Gasteiger partial charge in [-0.1, -0.05) is 19.4 Å². The molecule has 1 unspecified atom stereocenters. The number of ketones is 3. The van der Waals surface area contributed by atoms with Gasteiger partial charge in [0, 0.05) is 5.92 Å². The first-order valence-electron chi connectivity index (χ1n) is 10.3. The van der Waals surface area contributed by atoms with Crippen LogP contribution in [0.5, 0.6) is 0 Å². The van der Waals surface area contributed by atoms with E-state index in [0.717, 1.165) is 18.4 Å². The molecule has 0 bridgehead atoms. The first-order chi connectivity index (χ1) is 13.0. The van der Waals surface area contributed by atoms with Gasteiger partial charge in [0.2, 0.25) is 17.3 Å². The maximum atomic E-state index is 13.0. The van der Waals surface area contributed by atoms with Gasteiger partial charge in [-0.3, -0.25) is 14.4 Å². The summed E-state index contributed by atoms with van der Waals surface area (Å²) in [5, 5.41) is 19.3. The van der Waals surface area contributed by atoms with Crippen LogP contribution >= 0.6 is 0 Å². The summed E-state index contributed by atoms with van der Waals surface area (Å²) in [6.45, 7) is 5.86. The number of allylic oxidation sites excluding steroid dienone is 1. The lowest BCUT2D eigenvalue weighted by atomic mass is 9.46. The fourth-order valence-electron chi connectivity index (χ4n) is 7.51. The average Bonchev–Trinajstić information content (AvgIpc) is 2.91. The smallest absolute Gasteiger partial charge is 0.372 e. The van der Waals surface area contributed by atoms with Crippen molar-refractivity contribution in [2.24, 2.45) is 40.4 Å². The lowest BCUT2D eigenvalue weighted by Gasteiger charge is -2.57. The zero-order chi connectivity index (χ0) is 20.6. The molecule has 0 amide bonds. The standard InChI is InChI=1S/C22H28O6/c1-10-8-14-12-5-4-11-9-15(23)17(24)19(26)22(11,3)13(12)6-7-21(14,2)16(10)18(25)20(27)28/h9-10,12-16,23H,4-8H2,1-3H3,(H,27,28)/t10-,12-,13+,14+,15?,16-,21+,22+/m1/s1. The van der Waals surface area contributed by atoms with Crippen LogP contribution in [0.15, 0.2) is 11.6 Å². The van der Waals surface area contributed by atoms with Gasteiger partial charge in [0.15, 0.2) is 0 Å². The van der Waals surface area contributed by atoms with Crippen molar-refractivity contribution in [1.29, 1.82) is 0 Å². The van der Waals surface area contributed by atoms with Crippen molar-refractivity contribution in [3.8, 4) is 0 Å². The molecule has 0 aromatic rings. The molecule has 0 heterocycles. The Kier molecular flexibility index (Phi) is 4.24. The zero-order valence-electron chi connectivity index (χ0n) is 16.6. The van der Waals surface area contributed by atoms with Crippen molar-refractivity contribution in [1.82, 2.24) is 0 Å². The molecule has 3 saturated carbocycles. The quantitative estimate of drug-likeness (QED) is 0.554. The van der Waals surface area contributed by atoms with Crippen LogP contribution in [0.4, 0.5) is 0 Å². The molecule has 6 nitrogen and oxygen atoms in total. The molecule has 4 aliphatic rings. The van der Waals surface area contributed by atoms with E-state index >= 15 is 0 Å². The third-order valence-electron chi connectivity index (χ3n) is 8.75. The number of fused-ring (bicyclic) bond motifs is 5. The average molecular weight is 388 g/mol. The van der Waals surface area contributed by atoms with Crippen LogP contribution in [0, 0.1) is 40.4 Å². The fourth-order valence-corrected chi connectivity index (χ4v) is 7.51. The number of hydrogen-bond acceptors (Lipinski definition) is 5. The largest absolute Gasteiger partial charge is 0.475 e. The molecule has 4 rings (SSSR count). The Labute approximate surface area is 164 Å². The number of aliphatic carboxylic acids is 1. The number of carbonyl (C=O) groups excluding carboxylic acids is 3. The van der Waals surface area contributed by atoms with Gasteiger partial charge in [-0.15, -0.1) is 0 Å². The van der Waals surface area contributed by atoms with Crippen molar-refractivity contribution in [3.63, 3.8) is 0 Å². The number of carbonyl (C=O) groups is 4. The minimum atomic E-state index is -1.36. The van der Waals surface area contributed by atoms with Crippen molar-refractivity contribution < 1.29 is 29.4 Å². The second-order valence-corrected chi connectivity index (χ2v) is 9.85. The highest BCUT2D eigenvalue weighted by Crippen LogP contribution is 2.67. The molecule has 8 atom stereocenters. The normalized spacial score (nSPS) is 47.6. The third-order valence-corrected chi connectivity index (χ3v) is 8.75. The zero-order valence-corrected chi connectivity index (χ0v) is 16.6. The van der Waals surface area contributed by atoms with E-state index in [0.29, 0.717) is 19.3 Å². The van der Waals surface area contributed by atoms with E-state index in [2.05, 4.69) is 0 Å². The van der Waals surface area contributed by atoms with Crippen molar-refractivity contribution in [3.05, 3.63) is 11.6 Å². The predicted octanol–water partition coefficient (Wildman–Crippen LogP) is 2.18. The molecule has 28 heavy (non-hydrogen) atoms. The summed E-state index contributed by atoms with van der Waals surface area (Å²) in [5.41, 5.74) is -0.383. The van der Waals surface area contributed by atoms with Crippen LogP contribution in [-0.4, -0.2) is 39.6 Å². The first-order valence-corrected chi connectivity index (χ1v) is 10.3. The Bertz CT molecular complexity index is 812. The van der Waals surface area contributed by atoms with Crippen LogP contribution in [0.2, 0.25) is 0 Å². The second kappa shape index (κ2) is 6.09. The van der Waals surface area contributed by atoms with Crippen LogP contribution < -0.4 is 0 Å². The maximum absolute atomic E-state index is 13.0.